The average molecular weight is 389 g/mol. The second-order valence-corrected chi connectivity index (χ2v) is 6.82. The second-order valence-electron chi connectivity index (χ2n) is 6.82. The van der Waals surface area contributed by atoms with Gasteiger partial charge in [0.05, 0.1) is 13.7 Å². The van der Waals surface area contributed by atoms with Gasteiger partial charge in [-0.2, -0.15) is 8.78 Å². The lowest BCUT2D eigenvalue weighted by atomic mass is 9.79. The highest BCUT2D eigenvalue weighted by Crippen LogP contribution is 2.35. The second kappa shape index (κ2) is 6.99. The van der Waals surface area contributed by atoms with Gasteiger partial charge in [-0.15, -0.1) is 0 Å². The SMILES string of the molecule is COc1c(F)c(F)c(CN2C(=O)N[C@](C)(C3CCNCC3)C2=O)c(F)c1F. The van der Waals surface area contributed by atoms with Crippen LogP contribution in [0.15, 0.2) is 0 Å². The Morgan fingerprint density at radius 1 is 1.07 bits per heavy atom. The molecule has 0 bridgehead atoms. The van der Waals surface area contributed by atoms with Gasteiger partial charge in [0, 0.05) is 5.56 Å². The lowest BCUT2D eigenvalue weighted by Gasteiger charge is -2.34. The maximum atomic E-state index is 14.2. The molecule has 1 atom stereocenters. The van der Waals surface area contributed by atoms with Gasteiger partial charge in [-0.05, 0) is 38.8 Å². The van der Waals surface area contributed by atoms with E-state index in [4.69, 9.17) is 0 Å². The van der Waals surface area contributed by atoms with Crippen LogP contribution >= 0.6 is 0 Å². The molecule has 0 saturated carbocycles. The van der Waals surface area contributed by atoms with Gasteiger partial charge in [-0.3, -0.25) is 9.69 Å². The molecule has 3 rings (SSSR count). The highest BCUT2D eigenvalue weighted by atomic mass is 19.2. The monoisotopic (exact) mass is 389 g/mol. The van der Waals surface area contributed by atoms with Crippen LogP contribution < -0.4 is 15.4 Å². The van der Waals surface area contributed by atoms with Crippen LogP contribution in [0.1, 0.15) is 25.3 Å². The molecule has 2 aliphatic rings. The molecule has 148 valence electrons. The molecular weight excluding hydrogens is 370 g/mol. The third-order valence-electron chi connectivity index (χ3n) is 5.29. The number of imide groups is 1. The van der Waals surface area contributed by atoms with Gasteiger partial charge in [0.15, 0.2) is 17.4 Å². The van der Waals surface area contributed by atoms with Crippen LogP contribution in [-0.4, -0.2) is 42.6 Å². The Morgan fingerprint density at radius 3 is 2.15 bits per heavy atom. The molecule has 27 heavy (non-hydrogen) atoms. The van der Waals surface area contributed by atoms with Crippen LogP contribution in [0, 0.1) is 29.2 Å². The van der Waals surface area contributed by atoms with E-state index in [9.17, 15) is 27.2 Å². The van der Waals surface area contributed by atoms with E-state index in [2.05, 4.69) is 15.4 Å². The molecule has 0 radical (unpaired) electrons. The van der Waals surface area contributed by atoms with E-state index in [1.54, 1.807) is 6.92 Å². The highest BCUT2D eigenvalue weighted by molar-refractivity contribution is 6.07. The lowest BCUT2D eigenvalue weighted by Crippen LogP contribution is -2.53. The number of methoxy groups -OCH3 is 1. The number of nitrogens with one attached hydrogen (secondary N) is 2. The molecule has 2 aliphatic heterocycles. The number of piperidine rings is 1. The summed E-state index contributed by atoms with van der Waals surface area (Å²) in [4.78, 5) is 25.7. The number of rotatable bonds is 4. The molecule has 2 fully saturated rings. The molecule has 6 nitrogen and oxygen atoms in total. The van der Waals surface area contributed by atoms with Crippen molar-refractivity contribution in [1.29, 1.82) is 0 Å². The number of carbonyl (C=O) groups is 2. The van der Waals surface area contributed by atoms with E-state index < -0.39 is 58.6 Å². The number of hydrogen-bond acceptors (Lipinski definition) is 4. The van der Waals surface area contributed by atoms with Crippen molar-refractivity contribution in [2.75, 3.05) is 20.2 Å². The number of amides is 3. The zero-order chi connectivity index (χ0) is 19.9. The summed E-state index contributed by atoms with van der Waals surface area (Å²) in [5, 5.41) is 5.70. The Labute approximate surface area is 152 Å². The van der Waals surface area contributed by atoms with Crippen molar-refractivity contribution in [1.82, 2.24) is 15.5 Å². The van der Waals surface area contributed by atoms with Crippen molar-refractivity contribution in [2.45, 2.75) is 31.8 Å². The van der Waals surface area contributed by atoms with Crippen LogP contribution in [0.25, 0.3) is 0 Å². The predicted octanol–water partition coefficient (Wildman–Crippen LogP) is 2.06. The van der Waals surface area contributed by atoms with Crippen LogP contribution in [-0.2, 0) is 11.3 Å². The molecule has 0 aromatic heterocycles. The molecule has 2 heterocycles. The zero-order valence-electron chi connectivity index (χ0n) is 14.8. The Morgan fingerprint density at radius 2 is 1.63 bits per heavy atom. The van der Waals surface area contributed by atoms with Gasteiger partial charge in [-0.1, -0.05) is 0 Å². The van der Waals surface area contributed by atoms with Crippen molar-refractivity contribution in [3.8, 4) is 5.75 Å². The van der Waals surface area contributed by atoms with E-state index in [0.29, 0.717) is 30.8 Å². The van der Waals surface area contributed by atoms with E-state index in [1.165, 1.54) is 0 Å². The van der Waals surface area contributed by atoms with Crippen LogP contribution in [0.5, 0.6) is 5.75 Å². The number of nitrogens with zero attached hydrogens (tertiary/aromatic N) is 1. The minimum atomic E-state index is -1.72. The van der Waals surface area contributed by atoms with Gasteiger partial charge in [0.1, 0.15) is 5.54 Å². The topological polar surface area (TPSA) is 70.7 Å². The van der Waals surface area contributed by atoms with Crippen molar-refractivity contribution in [3.63, 3.8) is 0 Å². The first-order valence-electron chi connectivity index (χ1n) is 8.46. The summed E-state index contributed by atoms with van der Waals surface area (Å²) in [7, 11) is 0.863. The molecule has 0 unspecified atom stereocenters. The molecule has 2 N–H and O–H groups in total. The zero-order valence-corrected chi connectivity index (χ0v) is 14.8. The summed E-state index contributed by atoms with van der Waals surface area (Å²) >= 11 is 0. The normalized spacial score (nSPS) is 23.7. The molecule has 1 aromatic carbocycles. The van der Waals surface area contributed by atoms with E-state index >= 15 is 0 Å². The molecule has 3 amide bonds. The number of carbonyl (C=O) groups excluding carboxylic acids is 2. The lowest BCUT2D eigenvalue weighted by molar-refractivity contribution is -0.133. The van der Waals surface area contributed by atoms with E-state index in [-0.39, 0.29) is 5.92 Å². The smallest absolute Gasteiger partial charge is 0.325 e. The molecule has 2 saturated heterocycles. The highest BCUT2D eigenvalue weighted by Gasteiger charge is 2.52. The Kier molecular flexibility index (Phi) is 5.02. The third-order valence-corrected chi connectivity index (χ3v) is 5.29. The Balaban J connectivity index is 1.92. The van der Waals surface area contributed by atoms with E-state index in [1.807, 2.05) is 0 Å². The summed E-state index contributed by atoms with van der Waals surface area (Å²) in [6, 6.07) is -0.864. The Bertz CT molecular complexity index is 769. The molecule has 1 aromatic rings. The first-order valence-corrected chi connectivity index (χ1v) is 8.46. The van der Waals surface area contributed by atoms with Gasteiger partial charge in [0.25, 0.3) is 5.91 Å². The van der Waals surface area contributed by atoms with E-state index in [0.717, 1.165) is 7.11 Å². The summed E-state index contributed by atoms with van der Waals surface area (Å²) in [6.07, 6.45) is 1.26. The fourth-order valence-electron chi connectivity index (χ4n) is 3.67. The fourth-order valence-corrected chi connectivity index (χ4v) is 3.67. The molecule has 10 heteroatoms. The number of benzene rings is 1. The Hall–Kier alpha value is -2.36. The minimum absolute atomic E-state index is 0.167. The first-order chi connectivity index (χ1) is 12.7. The molecule has 0 aliphatic carbocycles. The van der Waals surface area contributed by atoms with Crippen molar-refractivity contribution in [3.05, 3.63) is 28.8 Å². The average Bonchev–Trinajstić information content (AvgIpc) is 2.88. The van der Waals surface area contributed by atoms with Gasteiger partial charge >= 0.3 is 6.03 Å². The van der Waals surface area contributed by atoms with Crippen molar-refractivity contribution in [2.24, 2.45) is 5.92 Å². The standard InChI is InChI=1S/C17H19F4N3O3/c1-17(8-3-5-22-6-4-8)15(25)24(16(26)23-17)7-9-10(18)12(20)14(27-2)13(21)11(9)19/h8,22H,3-7H2,1-2H3,(H,23,26)/t17-/m1/s1. The quantitative estimate of drug-likeness (QED) is 0.470. The van der Waals surface area contributed by atoms with Gasteiger partial charge < -0.3 is 15.4 Å². The first kappa shape index (κ1) is 19.4. The number of urea groups is 1. The molecular formula is C17H19F4N3O3. The number of hydrogen-bond donors (Lipinski definition) is 2. The van der Waals surface area contributed by atoms with Crippen LogP contribution in [0.3, 0.4) is 0 Å². The maximum absolute atomic E-state index is 14.2. The minimum Gasteiger partial charge on any atom is -0.491 e. The molecule has 0 spiro atoms. The predicted molar refractivity (Wildman–Crippen MR) is 85.9 cm³/mol. The van der Waals surface area contributed by atoms with Crippen molar-refractivity contribution >= 4 is 11.9 Å². The fraction of sp³-hybridized carbons (Fsp3) is 0.529. The summed E-state index contributed by atoms with van der Waals surface area (Å²) in [5.41, 5.74) is -2.29. The van der Waals surface area contributed by atoms with Crippen LogP contribution in [0.4, 0.5) is 22.4 Å². The number of ether oxygens (including phenoxy) is 1. The van der Waals surface area contributed by atoms with Gasteiger partial charge in [0.2, 0.25) is 11.6 Å². The van der Waals surface area contributed by atoms with Crippen molar-refractivity contribution < 1.29 is 31.9 Å². The summed E-state index contributed by atoms with van der Waals surface area (Å²) in [5.74, 6) is -8.91. The summed E-state index contributed by atoms with van der Waals surface area (Å²) in [6.45, 7) is 1.95. The largest absolute Gasteiger partial charge is 0.491 e. The number of halogens is 4. The maximum Gasteiger partial charge on any atom is 0.325 e. The third kappa shape index (κ3) is 3.01. The van der Waals surface area contributed by atoms with Crippen LogP contribution in [0.2, 0.25) is 0 Å². The van der Waals surface area contributed by atoms with Gasteiger partial charge in [-0.25, -0.2) is 13.6 Å². The summed E-state index contributed by atoms with van der Waals surface area (Å²) < 4.78 is 60.5.